The monoisotopic (exact) mass is 389 g/mol. The first-order valence-electron chi connectivity index (χ1n) is 6.64. The SMILES string of the molecule is CC(=O)N1CCc2ccccc21.O=C(O)C(F)(F)F.O=C(O)C(F)(F)F. The molecule has 0 aliphatic carbocycles. The van der Waals surface area contributed by atoms with Gasteiger partial charge in [-0.25, -0.2) is 9.59 Å². The van der Waals surface area contributed by atoms with E-state index in [1.165, 1.54) is 5.56 Å². The second-order valence-electron chi connectivity index (χ2n) is 4.66. The minimum absolute atomic E-state index is 0.139. The maximum absolute atomic E-state index is 11.1. The lowest BCUT2D eigenvalue weighted by Crippen LogP contribution is -2.25. The molecule has 2 rings (SSSR count). The van der Waals surface area contributed by atoms with Gasteiger partial charge in [-0.2, -0.15) is 26.3 Å². The molecule has 1 aromatic rings. The molecule has 0 fully saturated rings. The smallest absolute Gasteiger partial charge is 0.475 e. The molecule has 6 nitrogen and oxygen atoms in total. The largest absolute Gasteiger partial charge is 0.490 e. The van der Waals surface area contributed by atoms with Crippen LogP contribution in [0.2, 0.25) is 0 Å². The number of rotatable bonds is 0. The van der Waals surface area contributed by atoms with Crippen molar-refractivity contribution in [3.63, 3.8) is 0 Å². The molecule has 26 heavy (non-hydrogen) atoms. The number of hydrogen-bond acceptors (Lipinski definition) is 3. The standard InChI is InChI=1S/C10H11NO.2C2HF3O2/c1-8(12)11-7-6-9-4-2-3-5-10(9)11;2*3-2(4,5)1(6)7/h2-5H,6-7H2,1H3;2*(H,6,7). The average molecular weight is 389 g/mol. The minimum Gasteiger partial charge on any atom is -0.475 e. The quantitative estimate of drug-likeness (QED) is 0.666. The normalized spacial score (nSPS) is 12.8. The molecule has 1 aromatic carbocycles. The van der Waals surface area contributed by atoms with Gasteiger partial charge in [0.2, 0.25) is 5.91 Å². The van der Waals surface area contributed by atoms with Crippen LogP contribution >= 0.6 is 0 Å². The van der Waals surface area contributed by atoms with Crippen molar-refractivity contribution in [2.24, 2.45) is 0 Å². The molecule has 2 N–H and O–H groups in total. The van der Waals surface area contributed by atoms with Gasteiger partial charge in [0.1, 0.15) is 0 Å². The molecule has 1 aliphatic rings. The summed E-state index contributed by atoms with van der Waals surface area (Å²) in [4.78, 5) is 30.8. The van der Waals surface area contributed by atoms with Gasteiger partial charge in [0.15, 0.2) is 0 Å². The average Bonchev–Trinajstić information content (AvgIpc) is 2.90. The maximum Gasteiger partial charge on any atom is 0.490 e. The molecule has 1 heterocycles. The van der Waals surface area contributed by atoms with E-state index in [2.05, 4.69) is 6.07 Å². The summed E-state index contributed by atoms with van der Waals surface area (Å²) in [5.74, 6) is -5.38. The third kappa shape index (κ3) is 7.85. The number of anilines is 1. The van der Waals surface area contributed by atoms with Gasteiger partial charge < -0.3 is 15.1 Å². The molecule has 146 valence electrons. The second kappa shape index (κ2) is 9.06. The highest BCUT2D eigenvalue weighted by molar-refractivity contribution is 5.93. The van der Waals surface area contributed by atoms with Crippen LogP contribution in [0.1, 0.15) is 12.5 Å². The van der Waals surface area contributed by atoms with Crippen LogP contribution in [0, 0.1) is 0 Å². The Bertz CT molecular complexity index is 632. The Balaban J connectivity index is 0.000000390. The highest BCUT2D eigenvalue weighted by Crippen LogP contribution is 2.26. The Morgan fingerprint density at radius 1 is 0.923 bits per heavy atom. The molecule has 0 unspecified atom stereocenters. The van der Waals surface area contributed by atoms with Crippen molar-refractivity contribution in [3.8, 4) is 0 Å². The number of fused-ring (bicyclic) bond motifs is 1. The van der Waals surface area contributed by atoms with E-state index in [-0.39, 0.29) is 5.91 Å². The molecule has 12 heteroatoms. The van der Waals surface area contributed by atoms with Gasteiger partial charge in [-0.05, 0) is 18.1 Å². The van der Waals surface area contributed by atoms with E-state index in [0.717, 1.165) is 18.7 Å². The van der Waals surface area contributed by atoms with Gasteiger partial charge in [0, 0.05) is 19.2 Å². The number of nitrogens with zero attached hydrogens (tertiary/aromatic N) is 1. The van der Waals surface area contributed by atoms with E-state index in [9.17, 15) is 31.1 Å². The summed E-state index contributed by atoms with van der Waals surface area (Å²) in [7, 11) is 0. The number of carboxylic acid groups (broad SMARTS) is 2. The van der Waals surface area contributed by atoms with Crippen LogP contribution in [-0.4, -0.2) is 47.0 Å². The van der Waals surface area contributed by atoms with Crippen LogP contribution in [0.5, 0.6) is 0 Å². The maximum atomic E-state index is 11.1. The summed E-state index contributed by atoms with van der Waals surface area (Å²) >= 11 is 0. The Morgan fingerprint density at radius 2 is 1.31 bits per heavy atom. The Hall–Kier alpha value is -2.79. The zero-order valence-electron chi connectivity index (χ0n) is 13.1. The summed E-state index contributed by atoms with van der Waals surface area (Å²) in [6.45, 7) is 2.46. The fourth-order valence-electron chi connectivity index (χ4n) is 1.67. The van der Waals surface area contributed by atoms with Gasteiger partial charge in [-0.1, -0.05) is 18.2 Å². The molecule has 1 amide bonds. The molecule has 0 radical (unpaired) electrons. The third-order valence-corrected chi connectivity index (χ3v) is 2.75. The van der Waals surface area contributed by atoms with Crippen molar-refractivity contribution in [2.45, 2.75) is 25.7 Å². The number of carboxylic acids is 2. The Morgan fingerprint density at radius 3 is 1.65 bits per heavy atom. The van der Waals surface area contributed by atoms with Crippen LogP contribution < -0.4 is 4.90 Å². The van der Waals surface area contributed by atoms with Crippen molar-refractivity contribution < 1.29 is 50.9 Å². The van der Waals surface area contributed by atoms with E-state index < -0.39 is 24.3 Å². The summed E-state index contributed by atoms with van der Waals surface area (Å²) in [6, 6.07) is 8.07. The Labute approximate surface area is 142 Å². The molecule has 0 atom stereocenters. The fraction of sp³-hybridized carbons (Fsp3) is 0.357. The number of carbonyl (C=O) groups is 3. The van der Waals surface area contributed by atoms with Crippen LogP contribution in [0.15, 0.2) is 24.3 Å². The van der Waals surface area contributed by atoms with Crippen LogP contribution in [0.3, 0.4) is 0 Å². The number of aliphatic carboxylic acids is 2. The molecule has 0 aromatic heterocycles. The molecule has 0 spiro atoms. The molecule has 0 saturated carbocycles. The highest BCUT2D eigenvalue weighted by Gasteiger charge is 2.38. The Kier molecular flexibility index (Phi) is 8.09. The summed E-state index contributed by atoms with van der Waals surface area (Å²) < 4.78 is 63.5. The van der Waals surface area contributed by atoms with E-state index in [1.807, 2.05) is 23.1 Å². The molecule has 0 saturated heterocycles. The van der Waals surface area contributed by atoms with Crippen molar-refractivity contribution >= 4 is 23.5 Å². The topological polar surface area (TPSA) is 94.9 Å². The summed E-state index contributed by atoms with van der Waals surface area (Å²) in [5, 5.41) is 14.2. The first-order chi connectivity index (χ1) is 11.7. The lowest BCUT2D eigenvalue weighted by atomic mass is 10.2. The minimum atomic E-state index is -5.08. The lowest BCUT2D eigenvalue weighted by Gasteiger charge is -2.13. The highest BCUT2D eigenvalue weighted by atomic mass is 19.4. The summed E-state index contributed by atoms with van der Waals surface area (Å²) in [5.41, 5.74) is 2.37. The summed E-state index contributed by atoms with van der Waals surface area (Å²) in [6.07, 6.45) is -9.17. The molecule has 1 aliphatic heterocycles. The van der Waals surface area contributed by atoms with Gasteiger partial charge in [0.05, 0.1) is 0 Å². The van der Waals surface area contributed by atoms with Gasteiger partial charge in [-0.3, -0.25) is 4.79 Å². The second-order valence-corrected chi connectivity index (χ2v) is 4.66. The predicted molar refractivity (Wildman–Crippen MR) is 75.6 cm³/mol. The van der Waals surface area contributed by atoms with E-state index >= 15 is 0 Å². The van der Waals surface area contributed by atoms with Crippen LogP contribution in [-0.2, 0) is 20.8 Å². The van der Waals surface area contributed by atoms with Crippen LogP contribution in [0.4, 0.5) is 32.0 Å². The van der Waals surface area contributed by atoms with Gasteiger partial charge >= 0.3 is 24.3 Å². The first kappa shape index (κ1) is 23.2. The number of benzene rings is 1. The fourth-order valence-corrected chi connectivity index (χ4v) is 1.67. The predicted octanol–water partition coefficient (Wildman–Crippen LogP) is 2.86. The zero-order chi connectivity index (χ0) is 20.7. The lowest BCUT2D eigenvalue weighted by molar-refractivity contribution is -0.193. The van der Waals surface area contributed by atoms with Crippen molar-refractivity contribution in [2.75, 3.05) is 11.4 Å². The number of para-hydroxylation sites is 1. The zero-order valence-corrected chi connectivity index (χ0v) is 13.1. The number of halogens is 6. The van der Waals surface area contributed by atoms with E-state index in [4.69, 9.17) is 19.8 Å². The van der Waals surface area contributed by atoms with Crippen molar-refractivity contribution in [3.05, 3.63) is 29.8 Å². The van der Waals surface area contributed by atoms with E-state index in [1.54, 1.807) is 6.92 Å². The number of hydrogen-bond donors (Lipinski definition) is 2. The van der Waals surface area contributed by atoms with Crippen molar-refractivity contribution in [1.29, 1.82) is 0 Å². The van der Waals surface area contributed by atoms with Crippen LogP contribution in [0.25, 0.3) is 0 Å². The number of carbonyl (C=O) groups excluding carboxylic acids is 1. The molecular formula is C14H13F6NO5. The number of amides is 1. The van der Waals surface area contributed by atoms with Gasteiger partial charge in [0.25, 0.3) is 0 Å². The van der Waals surface area contributed by atoms with Crippen molar-refractivity contribution in [1.82, 2.24) is 0 Å². The van der Waals surface area contributed by atoms with E-state index in [0.29, 0.717) is 0 Å². The molecule has 0 bridgehead atoms. The van der Waals surface area contributed by atoms with Gasteiger partial charge in [-0.15, -0.1) is 0 Å². The first-order valence-corrected chi connectivity index (χ1v) is 6.64. The number of alkyl halides is 6. The molecular weight excluding hydrogens is 376 g/mol. The third-order valence-electron chi connectivity index (χ3n) is 2.75.